The molecule has 5 nitrogen and oxygen atoms in total. The average Bonchev–Trinajstić information content (AvgIpc) is 3.06. The van der Waals surface area contributed by atoms with E-state index in [1.165, 1.54) is 12.5 Å². The molecular weight excluding hydrogens is 288 g/mol. The summed E-state index contributed by atoms with van der Waals surface area (Å²) in [6.45, 7) is 2.31. The summed E-state index contributed by atoms with van der Waals surface area (Å²) >= 11 is 0. The third-order valence-electron chi connectivity index (χ3n) is 3.54. The Kier molecular flexibility index (Phi) is 4.47. The van der Waals surface area contributed by atoms with Crippen LogP contribution in [-0.4, -0.2) is 24.4 Å². The predicted octanol–water partition coefficient (Wildman–Crippen LogP) is 2.77. The fraction of sp³-hybridized carbons (Fsp3) is 0.167. The third-order valence-corrected chi connectivity index (χ3v) is 3.54. The second-order valence-electron chi connectivity index (χ2n) is 5.30. The number of hydrogen-bond donors (Lipinski definition) is 1. The molecule has 1 aliphatic rings. The summed E-state index contributed by atoms with van der Waals surface area (Å²) in [4.78, 5) is 10.8. The van der Waals surface area contributed by atoms with Crippen molar-refractivity contribution < 1.29 is 4.79 Å². The maximum atomic E-state index is 10.8. The minimum atomic E-state index is -0.183. The number of carbonyl (C=O) groups excluding carboxylic acids is 1. The second kappa shape index (κ2) is 6.87. The predicted molar refractivity (Wildman–Crippen MR) is 92.8 cm³/mol. The molecule has 0 bridgehead atoms. The number of hydrogen-bond acceptors (Lipinski definition) is 4. The van der Waals surface area contributed by atoms with Gasteiger partial charge in [0, 0.05) is 19.9 Å². The molecule has 1 amide bonds. The number of anilines is 1. The van der Waals surface area contributed by atoms with Crippen LogP contribution < -0.4 is 10.4 Å². The molecule has 2 aromatic carbocycles. The van der Waals surface area contributed by atoms with E-state index in [-0.39, 0.29) is 5.91 Å². The molecule has 0 saturated heterocycles. The molecule has 2 aromatic rings. The fourth-order valence-electron chi connectivity index (χ4n) is 2.41. The lowest BCUT2D eigenvalue weighted by molar-refractivity contribution is -0.118. The fourth-order valence-corrected chi connectivity index (χ4v) is 2.41. The quantitative estimate of drug-likeness (QED) is 0.697. The molecule has 0 fully saturated rings. The van der Waals surface area contributed by atoms with Gasteiger partial charge >= 0.3 is 0 Å². The van der Waals surface area contributed by atoms with E-state index in [1.54, 1.807) is 6.21 Å². The van der Waals surface area contributed by atoms with Crippen LogP contribution in [0, 0.1) is 0 Å². The van der Waals surface area contributed by atoms with Crippen molar-refractivity contribution in [1.82, 2.24) is 5.43 Å². The van der Waals surface area contributed by atoms with Gasteiger partial charge in [-0.05, 0) is 23.3 Å². The van der Waals surface area contributed by atoms with Crippen LogP contribution in [0.3, 0.4) is 0 Å². The van der Waals surface area contributed by atoms with Gasteiger partial charge in [0.25, 0.3) is 0 Å². The first-order valence-electron chi connectivity index (χ1n) is 7.52. The molecule has 0 aliphatic carbocycles. The zero-order valence-electron chi connectivity index (χ0n) is 12.9. The molecular formula is C18H18N4O. The Balaban J connectivity index is 1.70. The van der Waals surface area contributed by atoms with Crippen molar-refractivity contribution in [3.63, 3.8) is 0 Å². The van der Waals surface area contributed by atoms with Crippen molar-refractivity contribution in [2.45, 2.75) is 13.3 Å². The molecule has 0 atom stereocenters. The highest BCUT2D eigenvalue weighted by Gasteiger charge is 2.16. The summed E-state index contributed by atoms with van der Waals surface area (Å²) in [7, 11) is 0. The largest absolute Gasteiger partial charge is 0.274 e. The summed E-state index contributed by atoms with van der Waals surface area (Å²) in [5, 5.41) is 10.6. The smallest absolute Gasteiger partial charge is 0.236 e. The van der Waals surface area contributed by atoms with E-state index in [9.17, 15) is 4.79 Å². The lowest BCUT2D eigenvalue weighted by Crippen LogP contribution is -2.12. The number of amides is 1. The van der Waals surface area contributed by atoms with Crippen molar-refractivity contribution in [1.29, 1.82) is 0 Å². The number of hydrazone groups is 2. The van der Waals surface area contributed by atoms with E-state index >= 15 is 0 Å². The third kappa shape index (κ3) is 3.83. The molecule has 116 valence electrons. The molecule has 0 spiro atoms. The van der Waals surface area contributed by atoms with Gasteiger partial charge in [-0.25, -0.2) is 5.43 Å². The first kappa shape index (κ1) is 15.0. The van der Waals surface area contributed by atoms with Crippen LogP contribution in [0.25, 0.3) is 0 Å². The highest BCUT2D eigenvalue weighted by atomic mass is 16.2. The first-order valence-corrected chi connectivity index (χ1v) is 7.52. The molecule has 0 unspecified atom stereocenters. The van der Waals surface area contributed by atoms with Gasteiger partial charge in [0.15, 0.2) is 0 Å². The van der Waals surface area contributed by atoms with Crippen molar-refractivity contribution in [2.24, 2.45) is 10.2 Å². The zero-order valence-corrected chi connectivity index (χ0v) is 12.9. The summed E-state index contributed by atoms with van der Waals surface area (Å²) in [5.74, 6) is -0.183. The van der Waals surface area contributed by atoms with Gasteiger partial charge in [0.05, 0.1) is 17.6 Å². The maximum Gasteiger partial charge on any atom is 0.236 e. The van der Waals surface area contributed by atoms with Gasteiger partial charge in [-0.15, -0.1) is 0 Å². The Morgan fingerprint density at radius 1 is 1.17 bits per heavy atom. The highest BCUT2D eigenvalue weighted by molar-refractivity contribution is 6.02. The van der Waals surface area contributed by atoms with Crippen LogP contribution in [-0.2, 0) is 4.79 Å². The Bertz CT molecular complexity index is 735. The SMILES string of the molecule is CC(=O)N/N=C\c1ccc(N2CCC(c3ccccc3)=N2)cc1. The van der Waals surface area contributed by atoms with Gasteiger partial charge in [-0.1, -0.05) is 42.5 Å². The summed E-state index contributed by atoms with van der Waals surface area (Å²) in [6, 6.07) is 18.2. The summed E-state index contributed by atoms with van der Waals surface area (Å²) in [6.07, 6.45) is 2.56. The average molecular weight is 306 g/mol. The zero-order chi connectivity index (χ0) is 16.1. The van der Waals surface area contributed by atoms with E-state index in [0.717, 1.165) is 29.9 Å². The molecule has 1 heterocycles. The number of rotatable bonds is 4. The van der Waals surface area contributed by atoms with Crippen molar-refractivity contribution in [3.05, 3.63) is 65.7 Å². The minimum Gasteiger partial charge on any atom is -0.274 e. The van der Waals surface area contributed by atoms with E-state index in [4.69, 9.17) is 5.10 Å². The van der Waals surface area contributed by atoms with Gasteiger partial charge in [-0.3, -0.25) is 9.80 Å². The minimum absolute atomic E-state index is 0.183. The van der Waals surface area contributed by atoms with Crippen molar-refractivity contribution >= 4 is 23.5 Å². The van der Waals surface area contributed by atoms with Crippen LogP contribution in [0.2, 0.25) is 0 Å². The Morgan fingerprint density at radius 3 is 2.61 bits per heavy atom. The van der Waals surface area contributed by atoms with E-state index in [0.29, 0.717) is 0 Å². The summed E-state index contributed by atoms with van der Waals surface area (Å²) in [5.41, 5.74) is 6.65. The number of carbonyl (C=O) groups is 1. The van der Waals surface area contributed by atoms with Crippen LogP contribution in [0.1, 0.15) is 24.5 Å². The molecule has 1 aliphatic heterocycles. The van der Waals surface area contributed by atoms with Gasteiger partial charge < -0.3 is 0 Å². The standard InChI is InChI=1S/C18H18N4O/c1-14(23)20-19-13-15-7-9-17(10-8-15)22-12-11-18(21-22)16-5-3-2-4-6-16/h2-10,13H,11-12H2,1H3,(H,20,23)/b19-13-. The topological polar surface area (TPSA) is 57.1 Å². The van der Waals surface area contributed by atoms with Gasteiger partial charge in [-0.2, -0.15) is 10.2 Å². The van der Waals surface area contributed by atoms with Gasteiger partial charge in [0.1, 0.15) is 0 Å². The molecule has 5 heteroatoms. The number of nitrogens with zero attached hydrogens (tertiary/aromatic N) is 3. The molecule has 3 rings (SSSR count). The maximum absolute atomic E-state index is 10.8. The van der Waals surface area contributed by atoms with E-state index < -0.39 is 0 Å². The van der Waals surface area contributed by atoms with Crippen LogP contribution >= 0.6 is 0 Å². The van der Waals surface area contributed by atoms with Crippen molar-refractivity contribution in [2.75, 3.05) is 11.6 Å². The number of benzene rings is 2. The molecule has 0 aromatic heterocycles. The second-order valence-corrected chi connectivity index (χ2v) is 5.30. The number of nitrogens with one attached hydrogen (secondary N) is 1. The van der Waals surface area contributed by atoms with Gasteiger partial charge in [0.2, 0.25) is 5.91 Å². The highest BCUT2D eigenvalue weighted by Crippen LogP contribution is 2.21. The lowest BCUT2D eigenvalue weighted by atomic mass is 10.1. The molecule has 1 N–H and O–H groups in total. The molecule has 23 heavy (non-hydrogen) atoms. The normalized spacial score (nSPS) is 14.1. The lowest BCUT2D eigenvalue weighted by Gasteiger charge is -2.13. The van der Waals surface area contributed by atoms with Crippen molar-refractivity contribution in [3.8, 4) is 0 Å². The van der Waals surface area contributed by atoms with Crippen LogP contribution in [0.15, 0.2) is 64.8 Å². The molecule has 0 saturated carbocycles. The van der Waals surface area contributed by atoms with E-state index in [2.05, 4.69) is 22.7 Å². The Hall–Kier alpha value is -2.95. The van der Waals surface area contributed by atoms with E-state index in [1.807, 2.05) is 47.5 Å². The van der Waals surface area contributed by atoms with Crippen LogP contribution in [0.5, 0.6) is 0 Å². The molecule has 0 radical (unpaired) electrons. The van der Waals surface area contributed by atoms with Crippen LogP contribution in [0.4, 0.5) is 5.69 Å². The monoisotopic (exact) mass is 306 g/mol. The Labute approximate surface area is 135 Å². The summed E-state index contributed by atoms with van der Waals surface area (Å²) < 4.78 is 0. The Morgan fingerprint density at radius 2 is 1.91 bits per heavy atom. The first-order chi connectivity index (χ1) is 11.2.